The van der Waals surface area contributed by atoms with Crippen LogP contribution in [0.2, 0.25) is 0 Å². The largest absolute Gasteiger partial charge is 0.382 e. The summed E-state index contributed by atoms with van der Waals surface area (Å²) in [4.78, 5) is 0. The Hall–Kier alpha value is -0.840. The molecule has 21 heteroatoms. The molecule has 3 fully saturated rings. The third kappa shape index (κ3) is 12.9. The summed E-state index contributed by atoms with van der Waals surface area (Å²) < 4.78 is 127. The summed E-state index contributed by atoms with van der Waals surface area (Å²) in [7, 11) is 23.3. The Morgan fingerprint density at radius 1 is 0.350 bits per heavy atom. The number of hydrogen-bond donors (Lipinski definition) is 0. The topological polar surface area (TPSA) is 194 Å². The average Bonchev–Trinajstić information content (AvgIpc) is 3.26. The molecule has 60 heavy (non-hydrogen) atoms. The summed E-state index contributed by atoms with van der Waals surface area (Å²) in [5, 5.41) is 0. The fraction of sp³-hybridized carbons (Fsp3) is 1.00. The van der Waals surface area contributed by atoms with E-state index in [1.165, 1.54) is 28.4 Å². The van der Waals surface area contributed by atoms with Crippen LogP contribution in [0.1, 0.15) is 0 Å². The molecule has 0 saturated carbocycles. The zero-order valence-corrected chi connectivity index (χ0v) is 38.1. The van der Waals surface area contributed by atoms with Crippen LogP contribution in [0.15, 0.2) is 0 Å². The lowest BCUT2D eigenvalue weighted by molar-refractivity contribution is -0.370. The van der Waals surface area contributed by atoms with E-state index in [9.17, 15) is 0 Å². The molecule has 3 aliphatic rings. The number of hydrogen-bond acceptors (Lipinski definition) is 21. The fourth-order valence-electron chi connectivity index (χ4n) is 8.30. The predicted octanol–water partition coefficient (Wildman–Crippen LogP) is -0.301. The Balaban J connectivity index is 1.96. The van der Waals surface area contributed by atoms with Crippen molar-refractivity contribution in [2.24, 2.45) is 0 Å². The molecule has 0 bridgehead atoms. The molecular weight excluding hydrogens is 804 g/mol. The second kappa shape index (κ2) is 28.2. The zero-order valence-electron chi connectivity index (χ0n) is 38.1. The molecule has 0 aromatic heterocycles. The van der Waals surface area contributed by atoms with Gasteiger partial charge in [0.15, 0.2) is 18.9 Å². The van der Waals surface area contributed by atoms with Crippen LogP contribution >= 0.6 is 0 Å². The van der Waals surface area contributed by atoms with E-state index in [2.05, 4.69) is 0 Å². The molecule has 0 aliphatic carbocycles. The van der Waals surface area contributed by atoms with Crippen LogP contribution in [-0.2, 0) is 99.5 Å². The lowest BCUT2D eigenvalue weighted by atomic mass is 9.96. The van der Waals surface area contributed by atoms with Gasteiger partial charge < -0.3 is 99.5 Å². The van der Waals surface area contributed by atoms with E-state index in [4.69, 9.17) is 99.5 Å². The monoisotopic (exact) mass is 878 g/mol. The predicted molar refractivity (Wildman–Crippen MR) is 208 cm³/mol. The minimum absolute atomic E-state index is 0.0853. The summed E-state index contributed by atoms with van der Waals surface area (Å²) in [5.41, 5.74) is 0. The molecule has 0 radical (unpaired) electrons. The van der Waals surface area contributed by atoms with Crippen molar-refractivity contribution in [3.63, 3.8) is 0 Å². The highest BCUT2D eigenvalue weighted by Gasteiger charge is 2.55. The molecule has 3 rings (SSSR count). The zero-order chi connectivity index (χ0) is 44.4. The van der Waals surface area contributed by atoms with Gasteiger partial charge >= 0.3 is 0 Å². The summed E-state index contributed by atoms with van der Waals surface area (Å²) in [6.45, 7) is 0.534. The van der Waals surface area contributed by atoms with Gasteiger partial charge in [0.05, 0.1) is 33.0 Å². The molecule has 3 saturated heterocycles. The molecule has 0 spiro atoms. The van der Waals surface area contributed by atoms with E-state index in [-0.39, 0.29) is 33.0 Å². The molecule has 21 nitrogen and oxygen atoms in total. The van der Waals surface area contributed by atoms with E-state index < -0.39 is 117 Å². The quantitative estimate of drug-likeness (QED) is 0.0950. The van der Waals surface area contributed by atoms with Crippen molar-refractivity contribution in [2.45, 2.75) is 117 Å². The minimum Gasteiger partial charge on any atom is -0.382 e. The van der Waals surface area contributed by atoms with Gasteiger partial charge in [-0.3, -0.25) is 0 Å². The SMILES string of the molecule is COCC(OC)C(OC)C(OC1OC(COC)C(OC)C(OC)C1OC)C(COC1OC(COC)C(OC2OC(COC)C(OC)C(OC)C2OC)C(OC)C1OC)OC. The van der Waals surface area contributed by atoms with Crippen LogP contribution in [-0.4, -0.2) is 256 Å². The molecule has 0 aromatic carbocycles. The van der Waals surface area contributed by atoms with Crippen LogP contribution in [0.4, 0.5) is 0 Å². The first kappa shape index (κ1) is 53.5. The van der Waals surface area contributed by atoms with Gasteiger partial charge in [0.25, 0.3) is 0 Å². The van der Waals surface area contributed by atoms with E-state index in [0.29, 0.717) is 0 Å². The first-order valence-corrected chi connectivity index (χ1v) is 19.8. The minimum atomic E-state index is -1.03. The van der Waals surface area contributed by atoms with Gasteiger partial charge in [0, 0.05) is 107 Å². The van der Waals surface area contributed by atoms with Crippen molar-refractivity contribution in [1.82, 2.24) is 0 Å². The van der Waals surface area contributed by atoms with Gasteiger partial charge in [-0.25, -0.2) is 0 Å². The highest BCUT2D eigenvalue weighted by molar-refractivity contribution is 4.98. The molecule has 3 heterocycles. The molecule has 0 amide bonds. The average molecular weight is 879 g/mol. The second-order valence-corrected chi connectivity index (χ2v) is 14.3. The Labute approximate surface area is 355 Å². The third-order valence-corrected chi connectivity index (χ3v) is 11.2. The Bertz CT molecular complexity index is 1110. The van der Waals surface area contributed by atoms with Crippen molar-refractivity contribution in [2.75, 3.05) is 140 Å². The smallest absolute Gasteiger partial charge is 0.187 e. The molecular formula is C39H74O21. The highest BCUT2D eigenvalue weighted by atomic mass is 16.8. The van der Waals surface area contributed by atoms with Gasteiger partial charge in [-0.2, -0.15) is 0 Å². The van der Waals surface area contributed by atoms with Crippen molar-refractivity contribution in [3.8, 4) is 0 Å². The molecule has 0 N–H and O–H groups in total. The standard InChI is InChI=1S/C39H74O21/c1-40-16-21(44-5)26(46-7)29(59-38-35(53-14)31(49-10)27(47-8)23(57-38)17-41-2)22(45-6)20-55-37-34(52-13)33(51-12)30(25(56-37)19-43-4)60-39-36(54-15)32(50-11)28(48-9)24(58-39)18-42-3/h21-39H,16-20H2,1-15H3. The molecule has 0 aromatic rings. The van der Waals surface area contributed by atoms with Crippen LogP contribution in [0.5, 0.6) is 0 Å². The first-order chi connectivity index (χ1) is 29.1. The summed E-state index contributed by atoms with van der Waals surface area (Å²) in [5.74, 6) is 0. The first-order valence-electron chi connectivity index (χ1n) is 19.8. The van der Waals surface area contributed by atoms with Gasteiger partial charge in [-0.1, -0.05) is 0 Å². The Morgan fingerprint density at radius 3 is 1.15 bits per heavy atom. The van der Waals surface area contributed by atoms with Crippen molar-refractivity contribution in [3.05, 3.63) is 0 Å². The van der Waals surface area contributed by atoms with Crippen molar-refractivity contribution < 1.29 is 99.5 Å². The number of ether oxygens (including phenoxy) is 21. The molecule has 19 atom stereocenters. The van der Waals surface area contributed by atoms with Gasteiger partial charge in [0.2, 0.25) is 0 Å². The molecule has 3 aliphatic heterocycles. The molecule has 19 unspecified atom stereocenters. The van der Waals surface area contributed by atoms with Crippen molar-refractivity contribution in [1.29, 1.82) is 0 Å². The van der Waals surface area contributed by atoms with Crippen molar-refractivity contribution >= 4 is 0 Å². The lowest BCUT2D eigenvalue weighted by Gasteiger charge is -2.49. The highest BCUT2D eigenvalue weighted by Crippen LogP contribution is 2.35. The van der Waals surface area contributed by atoms with E-state index >= 15 is 0 Å². The van der Waals surface area contributed by atoms with E-state index in [1.807, 2.05) is 0 Å². The maximum Gasteiger partial charge on any atom is 0.187 e. The normalized spacial score (nSPS) is 37.1. The lowest BCUT2D eigenvalue weighted by Crippen LogP contribution is -2.66. The number of methoxy groups -OCH3 is 15. The molecule has 356 valence electrons. The van der Waals surface area contributed by atoms with Gasteiger partial charge in [0.1, 0.15) is 97.7 Å². The Kier molecular flexibility index (Phi) is 25.1. The van der Waals surface area contributed by atoms with E-state index in [0.717, 1.165) is 0 Å². The second-order valence-electron chi connectivity index (χ2n) is 14.3. The van der Waals surface area contributed by atoms with Gasteiger partial charge in [-0.05, 0) is 0 Å². The van der Waals surface area contributed by atoms with Crippen LogP contribution in [0.25, 0.3) is 0 Å². The summed E-state index contributed by atoms with van der Waals surface area (Å²) in [6, 6.07) is 0. The summed E-state index contributed by atoms with van der Waals surface area (Å²) >= 11 is 0. The number of rotatable bonds is 29. The maximum absolute atomic E-state index is 6.81. The van der Waals surface area contributed by atoms with Crippen LogP contribution < -0.4 is 0 Å². The Morgan fingerprint density at radius 2 is 0.733 bits per heavy atom. The van der Waals surface area contributed by atoms with Crippen LogP contribution in [0, 0.1) is 0 Å². The maximum atomic E-state index is 6.81. The summed E-state index contributed by atoms with van der Waals surface area (Å²) in [6.07, 6.45) is -14.2. The third-order valence-electron chi connectivity index (χ3n) is 11.2. The van der Waals surface area contributed by atoms with Gasteiger partial charge in [-0.15, -0.1) is 0 Å². The van der Waals surface area contributed by atoms with E-state index in [1.54, 1.807) is 78.2 Å². The fourth-order valence-corrected chi connectivity index (χ4v) is 8.30. The van der Waals surface area contributed by atoms with Crippen LogP contribution in [0.3, 0.4) is 0 Å².